The van der Waals surface area contributed by atoms with Crippen molar-refractivity contribution < 1.29 is 9.47 Å². The van der Waals surface area contributed by atoms with Gasteiger partial charge in [-0.2, -0.15) is 4.98 Å². The van der Waals surface area contributed by atoms with Crippen molar-refractivity contribution in [1.29, 1.82) is 0 Å². The smallest absolute Gasteiger partial charge is 0.240 e. The van der Waals surface area contributed by atoms with E-state index in [9.17, 15) is 0 Å². The van der Waals surface area contributed by atoms with Gasteiger partial charge in [0, 0.05) is 16.8 Å². The van der Waals surface area contributed by atoms with Gasteiger partial charge < -0.3 is 20.1 Å². The Morgan fingerprint density at radius 2 is 1.76 bits per heavy atom. The van der Waals surface area contributed by atoms with E-state index in [2.05, 4.69) is 15.6 Å². The number of pyridine rings is 1. The molecule has 0 unspecified atom stereocenters. The lowest BCUT2D eigenvalue weighted by Crippen LogP contribution is -2.19. The number of hydrogen-bond donors (Lipinski definition) is 2. The summed E-state index contributed by atoms with van der Waals surface area (Å²) in [4.78, 5) is 4.17. The average Bonchev–Trinajstić information content (AvgIpc) is 2.50. The molecule has 0 spiro atoms. The Morgan fingerprint density at radius 3 is 2.38 bits per heavy atom. The molecule has 1 aromatic carbocycles. The first-order valence-electron chi connectivity index (χ1n) is 6.05. The van der Waals surface area contributed by atoms with E-state index in [1.807, 2.05) is 12.1 Å². The van der Waals surface area contributed by atoms with Crippen molar-refractivity contribution in [2.45, 2.75) is 0 Å². The summed E-state index contributed by atoms with van der Waals surface area (Å²) in [5.41, 5.74) is 1.47. The molecule has 0 saturated carbocycles. The fourth-order valence-electron chi connectivity index (χ4n) is 1.61. The standard InChI is InChI=1S/C14H14ClN3O2S/c1-19-12-8-7-11(13(18-12)20-2)17-14(21)16-10-5-3-9(15)4-6-10/h3-8H,1-2H3,(H2,16,17,21). The van der Waals surface area contributed by atoms with E-state index >= 15 is 0 Å². The number of methoxy groups -OCH3 is 2. The van der Waals surface area contributed by atoms with E-state index < -0.39 is 0 Å². The molecular weight excluding hydrogens is 310 g/mol. The zero-order chi connectivity index (χ0) is 15.2. The number of rotatable bonds is 4. The number of thiocarbonyl (C=S) groups is 1. The normalized spacial score (nSPS) is 9.86. The van der Waals surface area contributed by atoms with Crippen LogP contribution in [0.5, 0.6) is 11.8 Å². The summed E-state index contributed by atoms with van der Waals surface area (Å²) in [5.74, 6) is 0.864. The fraction of sp³-hybridized carbons (Fsp3) is 0.143. The minimum Gasteiger partial charge on any atom is -0.481 e. The van der Waals surface area contributed by atoms with Crippen LogP contribution in [-0.2, 0) is 0 Å². The van der Waals surface area contributed by atoms with Gasteiger partial charge in [0.1, 0.15) is 5.69 Å². The molecule has 2 rings (SSSR count). The van der Waals surface area contributed by atoms with E-state index in [0.29, 0.717) is 27.6 Å². The van der Waals surface area contributed by atoms with Crippen LogP contribution in [-0.4, -0.2) is 24.3 Å². The molecule has 7 heteroatoms. The van der Waals surface area contributed by atoms with Crippen LogP contribution in [0.3, 0.4) is 0 Å². The summed E-state index contributed by atoms with van der Waals surface area (Å²) < 4.78 is 10.2. The second kappa shape index (κ2) is 7.10. The first kappa shape index (κ1) is 15.3. The van der Waals surface area contributed by atoms with Gasteiger partial charge in [0.05, 0.1) is 14.2 Å². The summed E-state index contributed by atoms with van der Waals surface area (Å²) >= 11 is 11.1. The highest BCUT2D eigenvalue weighted by Crippen LogP contribution is 2.25. The molecule has 0 aliphatic heterocycles. The van der Waals surface area contributed by atoms with E-state index in [1.165, 1.54) is 7.11 Å². The van der Waals surface area contributed by atoms with Crippen LogP contribution in [0.4, 0.5) is 11.4 Å². The highest BCUT2D eigenvalue weighted by molar-refractivity contribution is 7.80. The fourth-order valence-corrected chi connectivity index (χ4v) is 1.96. The molecule has 110 valence electrons. The molecule has 0 radical (unpaired) electrons. The Labute approximate surface area is 133 Å². The Kier molecular flexibility index (Phi) is 5.19. The van der Waals surface area contributed by atoms with E-state index in [4.69, 9.17) is 33.3 Å². The van der Waals surface area contributed by atoms with Crippen LogP contribution in [0.1, 0.15) is 0 Å². The Hall–Kier alpha value is -2.05. The average molecular weight is 324 g/mol. The molecule has 2 N–H and O–H groups in total. The number of ether oxygens (including phenoxy) is 2. The van der Waals surface area contributed by atoms with Crippen LogP contribution in [0, 0.1) is 0 Å². The van der Waals surface area contributed by atoms with E-state index in [-0.39, 0.29) is 0 Å². The van der Waals surface area contributed by atoms with Crippen molar-refractivity contribution in [3.63, 3.8) is 0 Å². The molecule has 21 heavy (non-hydrogen) atoms. The monoisotopic (exact) mass is 323 g/mol. The van der Waals surface area contributed by atoms with Gasteiger partial charge in [-0.15, -0.1) is 0 Å². The molecule has 1 heterocycles. The maximum absolute atomic E-state index is 5.83. The number of halogens is 1. The van der Waals surface area contributed by atoms with Gasteiger partial charge >= 0.3 is 0 Å². The molecular formula is C14H14ClN3O2S. The summed E-state index contributed by atoms with van der Waals surface area (Å²) in [7, 11) is 3.07. The van der Waals surface area contributed by atoms with Gasteiger partial charge in [-0.25, -0.2) is 0 Å². The van der Waals surface area contributed by atoms with E-state index in [1.54, 1.807) is 31.4 Å². The Balaban J connectivity index is 2.07. The molecule has 5 nitrogen and oxygen atoms in total. The Morgan fingerprint density at radius 1 is 1.05 bits per heavy atom. The number of anilines is 2. The third-order valence-corrected chi connectivity index (χ3v) is 3.04. The molecule has 0 fully saturated rings. The van der Waals surface area contributed by atoms with Crippen molar-refractivity contribution in [2.75, 3.05) is 24.9 Å². The maximum atomic E-state index is 5.83. The molecule has 0 atom stereocenters. The van der Waals surface area contributed by atoms with Crippen LogP contribution >= 0.6 is 23.8 Å². The lowest BCUT2D eigenvalue weighted by molar-refractivity contribution is 0.366. The lowest BCUT2D eigenvalue weighted by atomic mass is 10.3. The summed E-state index contributed by atoms with van der Waals surface area (Å²) in [5, 5.41) is 7.15. The van der Waals surface area contributed by atoms with E-state index in [0.717, 1.165) is 5.69 Å². The largest absolute Gasteiger partial charge is 0.481 e. The zero-order valence-electron chi connectivity index (χ0n) is 11.5. The number of nitrogens with one attached hydrogen (secondary N) is 2. The van der Waals surface area contributed by atoms with Crippen molar-refractivity contribution in [3.05, 3.63) is 41.4 Å². The Bertz CT molecular complexity index is 635. The van der Waals surface area contributed by atoms with Gasteiger partial charge in [0.15, 0.2) is 5.11 Å². The number of aromatic nitrogens is 1. The predicted molar refractivity (Wildman–Crippen MR) is 88.6 cm³/mol. The van der Waals surface area contributed by atoms with Gasteiger partial charge in [-0.3, -0.25) is 0 Å². The first-order chi connectivity index (χ1) is 10.1. The van der Waals surface area contributed by atoms with Gasteiger partial charge in [-0.1, -0.05) is 11.6 Å². The van der Waals surface area contributed by atoms with Crippen molar-refractivity contribution in [2.24, 2.45) is 0 Å². The molecule has 0 bridgehead atoms. The highest BCUT2D eigenvalue weighted by atomic mass is 35.5. The molecule has 0 amide bonds. The van der Waals surface area contributed by atoms with Crippen molar-refractivity contribution in [1.82, 2.24) is 4.98 Å². The third-order valence-electron chi connectivity index (χ3n) is 2.59. The van der Waals surface area contributed by atoms with Gasteiger partial charge in [0.2, 0.25) is 11.8 Å². The predicted octanol–water partition coefficient (Wildman–Crippen LogP) is 3.56. The first-order valence-corrected chi connectivity index (χ1v) is 6.83. The molecule has 0 saturated heterocycles. The summed E-state index contributed by atoms with van der Waals surface area (Å²) in [6, 6.07) is 10.7. The van der Waals surface area contributed by atoms with Crippen LogP contribution < -0.4 is 20.1 Å². The van der Waals surface area contributed by atoms with Crippen LogP contribution in [0.2, 0.25) is 5.02 Å². The third kappa shape index (κ3) is 4.21. The SMILES string of the molecule is COc1ccc(NC(=S)Nc2ccc(Cl)cc2)c(OC)n1. The summed E-state index contributed by atoms with van der Waals surface area (Å²) in [6.07, 6.45) is 0. The number of nitrogens with zero attached hydrogens (tertiary/aromatic N) is 1. The molecule has 2 aromatic rings. The van der Waals surface area contributed by atoms with Crippen LogP contribution in [0.25, 0.3) is 0 Å². The zero-order valence-corrected chi connectivity index (χ0v) is 13.1. The van der Waals surface area contributed by atoms with Crippen molar-refractivity contribution in [3.8, 4) is 11.8 Å². The second-order valence-electron chi connectivity index (χ2n) is 4.00. The summed E-state index contributed by atoms with van der Waals surface area (Å²) in [6.45, 7) is 0. The quantitative estimate of drug-likeness (QED) is 0.839. The van der Waals surface area contributed by atoms with Gasteiger partial charge in [-0.05, 0) is 42.5 Å². The van der Waals surface area contributed by atoms with Crippen LogP contribution in [0.15, 0.2) is 36.4 Å². The lowest BCUT2D eigenvalue weighted by Gasteiger charge is -2.13. The molecule has 0 aliphatic rings. The molecule has 1 aromatic heterocycles. The van der Waals surface area contributed by atoms with Crippen molar-refractivity contribution >= 4 is 40.3 Å². The van der Waals surface area contributed by atoms with Gasteiger partial charge in [0.25, 0.3) is 0 Å². The maximum Gasteiger partial charge on any atom is 0.240 e. The minimum absolute atomic E-state index is 0.398. The molecule has 0 aliphatic carbocycles. The minimum atomic E-state index is 0.398. The second-order valence-corrected chi connectivity index (χ2v) is 4.84. The highest BCUT2D eigenvalue weighted by Gasteiger charge is 2.08. The topological polar surface area (TPSA) is 55.4 Å². The number of benzene rings is 1. The number of hydrogen-bond acceptors (Lipinski definition) is 4.